The fourth-order valence-corrected chi connectivity index (χ4v) is 2.97. The number of rotatable bonds is 7. The zero-order chi connectivity index (χ0) is 21.5. The van der Waals surface area contributed by atoms with Gasteiger partial charge in [-0.1, -0.05) is 23.7 Å². The Morgan fingerprint density at radius 2 is 2.00 bits per heavy atom. The van der Waals surface area contributed by atoms with Crippen LogP contribution in [0.1, 0.15) is 21.5 Å². The van der Waals surface area contributed by atoms with Crippen molar-refractivity contribution < 1.29 is 14.3 Å². The Hall–Kier alpha value is -3.89. The molecule has 0 saturated heterocycles. The Bertz CT molecular complexity index is 1130. The van der Waals surface area contributed by atoms with Crippen molar-refractivity contribution >= 4 is 23.4 Å². The molecule has 1 aromatic heterocycles. The molecular formula is C22H17ClN4O3. The molecule has 3 rings (SSSR count). The lowest BCUT2D eigenvalue weighted by Gasteiger charge is -2.12. The maximum absolute atomic E-state index is 12.7. The molecule has 0 bridgehead atoms. The molecular weight excluding hydrogens is 404 g/mol. The van der Waals surface area contributed by atoms with Gasteiger partial charge in [-0.05, 0) is 42.5 Å². The molecule has 3 aromatic rings. The van der Waals surface area contributed by atoms with E-state index in [9.17, 15) is 9.59 Å². The average molecular weight is 421 g/mol. The molecule has 1 heterocycles. The van der Waals surface area contributed by atoms with Crippen molar-refractivity contribution in [3.8, 4) is 23.1 Å². The van der Waals surface area contributed by atoms with Gasteiger partial charge in [-0.15, -0.1) is 0 Å². The number of hydrogen-bond donors (Lipinski definition) is 2. The number of halogens is 1. The molecule has 0 unspecified atom stereocenters. The molecule has 0 fully saturated rings. The standard InChI is InChI=1S/C22H17ClN4O3/c23-18-9-16(19-3-1-2-6-26-19)8-17(10-18)22(29)27-12-15-5-4-14(11-24)7-20(15)30-13-21(25)28/h1-10H,12-13H2,(H2,25,28)(H,27,29). The first-order valence-corrected chi connectivity index (χ1v) is 9.28. The smallest absolute Gasteiger partial charge is 0.255 e. The Morgan fingerprint density at radius 1 is 1.17 bits per heavy atom. The third kappa shape index (κ3) is 5.34. The summed E-state index contributed by atoms with van der Waals surface area (Å²) < 4.78 is 5.37. The summed E-state index contributed by atoms with van der Waals surface area (Å²) in [5, 5.41) is 12.3. The first-order chi connectivity index (χ1) is 14.5. The first kappa shape index (κ1) is 20.8. The lowest BCUT2D eigenvalue weighted by molar-refractivity contribution is -0.119. The van der Waals surface area contributed by atoms with Gasteiger partial charge in [0.15, 0.2) is 6.61 Å². The van der Waals surface area contributed by atoms with E-state index in [1.54, 1.807) is 42.6 Å². The lowest BCUT2D eigenvalue weighted by Crippen LogP contribution is -2.24. The normalized spacial score (nSPS) is 10.1. The Labute approximate surface area is 178 Å². The van der Waals surface area contributed by atoms with E-state index in [4.69, 9.17) is 27.3 Å². The van der Waals surface area contributed by atoms with Crippen LogP contribution in [0.25, 0.3) is 11.3 Å². The molecule has 0 aliphatic rings. The molecule has 0 saturated carbocycles. The van der Waals surface area contributed by atoms with Gasteiger partial charge >= 0.3 is 0 Å². The van der Waals surface area contributed by atoms with Crippen molar-refractivity contribution in [1.29, 1.82) is 5.26 Å². The number of amides is 2. The molecule has 0 radical (unpaired) electrons. The third-order valence-electron chi connectivity index (χ3n) is 4.13. The predicted octanol–water partition coefficient (Wildman–Crippen LogP) is 3.07. The summed E-state index contributed by atoms with van der Waals surface area (Å²) in [6.45, 7) is -0.221. The number of pyridine rings is 1. The molecule has 8 heteroatoms. The van der Waals surface area contributed by atoms with Crippen LogP contribution in [0.5, 0.6) is 5.75 Å². The van der Waals surface area contributed by atoms with Crippen LogP contribution in [0.3, 0.4) is 0 Å². The molecule has 150 valence electrons. The van der Waals surface area contributed by atoms with Crippen molar-refractivity contribution in [3.05, 3.63) is 82.5 Å². The molecule has 2 amide bonds. The zero-order valence-corrected chi connectivity index (χ0v) is 16.5. The summed E-state index contributed by atoms with van der Waals surface area (Å²) >= 11 is 6.19. The quantitative estimate of drug-likeness (QED) is 0.609. The number of nitrogens with one attached hydrogen (secondary N) is 1. The first-order valence-electron chi connectivity index (χ1n) is 8.90. The Balaban J connectivity index is 1.78. The van der Waals surface area contributed by atoms with E-state index in [-0.39, 0.29) is 19.1 Å². The second kappa shape index (κ2) is 9.54. The molecule has 3 N–H and O–H groups in total. The van der Waals surface area contributed by atoms with Crippen LogP contribution in [0.15, 0.2) is 60.8 Å². The number of nitrogens with zero attached hydrogens (tertiary/aromatic N) is 2. The SMILES string of the molecule is N#Cc1ccc(CNC(=O)c2cc(Cl)cc(-c3ccccn3)c2)c(OCC(N)=O)c1. The van der Waals surface area contributed by atoms with Gasteiger partial charge in [0.05, 0.1) is 17.3 Å². The molecule has 2 aromatic carbocycles. The van der Waals surface area contributed by atoms with Gasteiger partial charge < -0.3 is 15.8 Å². The van der Waals surface area contributed by atoms with E-state index in [0.717, 1.165) is 5.56 Å². The fourth-order valence-electron chi connectivity index (χ4n) is 2.73. The summed E-state index contributed by atoms with van der Waals surface area (Å²) in [5.41, 5.74) is 7.86. The Morgan fingerprint density at radius 3 is 2.70 bits per heavy atom. The number of primary amides is 1. The molecule has 0 aliphatic carbocycles. The number of hydrogen-bond acceptors (Lipinski definition) is 5. The minimum absolute atomic E-state index is 0.115. The van der Waals surface area contributed by atoms with Crippen LogP contribution in [0, 0.1) is 11.3 Å². The van der Waals surface area contributed by atoms with Gasteiger partial charge in [0.25, 0.3) is 11.8 Å². The molecule has 7 nitrogen and oxygen atoms in total. The molecule has 0 spiro atoms. The highest BCUT2D eigenvalue weighted by atomic mass is 35.5. The van der Waals surface area contributed by atoms with E-state index < -0.39 is 5.91 Å². The highest BCUT2D eigenvalue weighted by Gasteiger charge is 2.12. The number of aromatic nitrogens is 1. The summed E-state index contributed by atoms with van der Waals surface area (Å²) in [6.07, 6.45) is 1.66. The van der Waals surface area contributed by atoms with Crippen molar-refractivity contribution in [1.82, 2.24) is 10.3 Å². The van der Waals surface area contributed by atoms with Crippen LogP contribution in [0.2, 0.25) is 5.02 Å². The monoisotopic (exact) mass is 420 g/mol. The fraction of sp³-hybridized carbons (Fsp3) is 0.0909. The van der Waals surface area contributed by atoms with Crippen molar-refractivity contribution in [3.63, 3.8) is 0 Å². The summed E-state index contributed by atoms with van der Waals surface area (Å²) in [7, 11) is 0. The summed E-state index contributed by atoms with van der Waals surface area (Å²) in [6, 6.07) is 17.2. The van der Waals surface area contributed by atoms with Crippen molar-refractivity contribution in [2.75, 3.05) is 6.61 Å². The topological polar surface area (TPSA) is 118 Å². The maximum Gasteiger partial charge on any atom is 0.255 e. The van der Waals surface area contributed by atoms with Gasteiger partial charge in [-0.2, -0.15) is 5.26 Å². The lowest BCUT2D eigenvalue weighted by atomic mass is 10.1. The van der Waals surface area contributed by atoms with Crippen LogP contribution in [-0.4, -0.2) is 23.4 Å². The van der Waals surface area contributed by atoms with E-state index >= 15 is 0 Å². The predicted molar refractivity (Wildman–Crippen MR) is 112 cm³/mol. The van der Waals surface area contributed by atoms with Gasteiger partial charge in [0.1, 0.15) is 5.75 Å². The zero-order valence-electron chi connectivity index (χ0n) is 15.8. The minimum atomic E-state index is -0.645. The molecule has 30 heavy (non-hydrogen) atoms. The Kier molecular flexibility index (Phi) is 6.63. The largest absolute Gasteiger partial charge is 0.483 e. The second-order valence-corrected chi connectivity index (χ2v) is 6.75. The van der Waals surface area contributed by atoms with Crippen molar-refractivity contribution in [2.24, 2.45) is 5.73 Å². The highest BCUT2D eigenvalue weighted by Crippen LogP contribution is 2.24. The van der Waals surface area contributed by atoms with Gasteiger partial charge in [-0.3, -0.25) is 14.6 Å². The van der Waals surface area contributed by atoms with Crippen LogP contribution in [-0.2, 0) is 11.3 Å². The summed E-state index contributed by atoms with van der Waals surface area (Å²) in [4.78, 5) is 28.0. The minimum Gasteiger partial charge on any atom is -0.483 e. The third-order valence-corrected chi connectivity index (χ3v) is 4.34. The number of nitriles is 1. The number of carbonyl (C=O) groups excluding carboxylic acids is 2. The second-order valence-electron chi connectivity index (χ2n) is 6.32. The van der Waals surface area contributed by atoms with E-state index in [0.29, 0.717) is 33.2 Å². The summed E-state index contributed by atoms with van der Waals surface area (Å²) in [5.74, 6) is -0.693. The number of benzene rings is 2. The van der Waals surface area contributed by atoms with E-state index in [1.807, 2.05) is 18.2 Å². The van der Waals surface area contributed by atoms with E-state index in [2.05, 4.69) is 10.3 Å². The highest BCUT2D eigenvalue weighted by molar-refractivity contribution is 6.31. The van der Waals surface area contributed by atoms with E-state index in [1.165, 1.54) is 6.07 Å². The van der Waals surface area contributed by atoms with Gasteiger partial charge in [0.2, 0.25) is 0 Å². The number of nitrogens with two attached hydrogens (primary N) is 1. The average Bonchev–Trinajstić information content (AvgIpc) is 2.76. The van der Waals surface area contributed by atoms with Gasteiger partial charge in [0, 0.05) is 34.5 Å². The maximum atomic E-state index is 12.7. The molecule has 0 atom stereocenters. The molecule has 0 aliphatic heterocycles. The number of carbonyl (C=O) groups is 2. The van der Waals surface area contributed by atoms with Crippen LogP contribution in [0.4, 0.5) is 0 Å². The van der Waals surface area contributed by atoms with Crippen LogP contribution >= 0.6 is 11.6 Å². The van der Waals surface area contributed by atoms with Crippen molar-refractivity contribution in [2.45, 2.75) is 6.54 Å². The van der Waals surface area contributed by atoms with Crippen LogP contribution < -0.4 is 15.8 Å². The van der Waals surface area contributed by atoms with Gasteiger partial charge in [-0.25, -0.2) is 0 Å². The number of ether oxygens (including phenoxy) is 1.